The van der Waals surface area contributed by atoms with Crippen molar-refractivity contribution in [2.75, 3.05) is 11.9 Å². The van der Waals surface area contributed by atoms with Crippen LogP contribution >= 0.6 is 15.9 Å². The third-order valence-electron chi connectivity index (χ3n) is 3.96. The van der Waals surface area contributed by atoms with E-state index in [0.717, 1.165) is 33.4 Å². The monoisotopic (exact) mass is 409 g/mol. The number of halogens is 1. The maximum Gasteiger partial charge on any atom is 0.319 e. The van der Waals surface area contributed by atoms with Gasteiger partial charge in [-0.1, -0.05) is 40.2 Å². The minimum absolute atomic E-state index is 0.201. The van der Waals surface area contributed by atoms with Gasteiger partial charge in [-0.2, -0.15) is 0 Å². The number of hydrogen-bond donors (Lipinski definition) is 2. The number of aryl methyl sites for hydroxylation is 1. The normalized spacial score (nSPS) is 10.4. The van der Waals surface area contributed by atoms with E-state index in [4.69, 9.17) is 0 Å². The molecule has 0 aliphatic heterocycles. The van der Waals surface area contributed by atoms with E-state index >= 15 is 0 Å². The Hall–Kier alpha value is -2.66. The lowest BCUT2D eigenvalue weighted by atomic mass is 10.1. The zero-order valence-electron chi connectivity index (χ0n) is 14.5. The van der Waals surface area contributed by atoms with Crippen molar-refractivity contribution >= 4 is 27.6 Å². The summed E-state index contributed by atoms with van der Waals surface area (Å²) in [5.41, 5.74) is 5.13. The number of urea groups is 1. The third-order valence-corrected chi connectivity index (χ3v) is 4.45. The Balaban J connectivity index is 1.51. The number of pyridine rings is 1. The summed E-state index contributed by atoms with van der Waals surface area (Å²) in [5, 5.41) is 5.74. The van der Waals surface area contributed by atoms with Crippen LogP contribution in [0.15, 0.2) is 71.3 Å². The number of hydrogen-bond acceptors (Lipinski definition) is 2. The molecule has 3 rings (SSSR count). The summed E-state index contributed by atoms with van der Waals surface area (Å²) in [4.78, 5) is 16.2. The van der Waals surface area contributed by atoms with E-state index < -0.39 is 0 Å². The van der Waals surface area contributed by atoms with Gasteiger partial charge in [0.1, 0.15) is 0 Å². The summed E-state index contributed by atoms with van der Waals surface area (Å²) in [6.07, 6.45) is 2.59. The van der Waals surface area contributed by atoms with Crippen molar-refractivity contribution in [1.82, 2.24) is 10.3 Å². The average molecular weight is 410 g/mol. The van der Waals surface area contributed by atoms with Crippen LogP contribution in [0.4, 0.5) is 10.5 Å². The predicted octanol–water partition coefficient (Wildman–Crippen LogP) is 5.18. The van der Waals surface area contributed by atoms with Crippen LogP contribution in [0.5, 0.6) is 0 Å². The fourth-order valence-electron chi connectivity index (χ4n) is 2.66. The van der Waals surface area contributed by atoms with Gasteiger partial charge in [0.25, 0.3) is 0 Å². The topological polar surface area (TPSA) is 54.0 Å². The van der Waals surface area contributed by atoms with Gasteiger partial charge in [0.05, 0.1) is 0 Å². The summed E-state index contributed by atoms with van der Waals surface area (Å²) in [6.45, 7) is 2.55. The molecule has 2 amide bonds. The molecule has 0 spiro atoms. The Bertz CT molecular complexity index is 894. The fraction of sp³-hybridized carbons (Fsp3) is 0.143. The van der Waals surface area contributed by atoms with Gasteiger partial charge in [0.15, 0.2) is 0 Å². The Labute approximate surface area is 161 Å². The molecule has 0 bridgehead atoms. The summed E-state index contributed by atoms with van der Waals surface area (Å²) >= 11 is 3.45. The SMILES string of the molecule is Cc1cc(-c2ccc(NC(=O)NCCc3cccc(Br)c3)cc2)ccn1. The number of benzene rings is 2. The number of carbonyl (C=O) groups excluding carboxylic acids is 1. The second-order valence-corrected chi connectivity index (χ2v) is 6.94. The number of rotatable bonds is 5. The van der Waals surface area contributed by atoms with Crippen LogP contribution < -0.4 is 10.6 Å². The van der Waals surface area contributed by atoms with Crippen LogP contribution in [0.3, 0.4) is 0 Å². The van der Waals surface area contributed by atoms with Crippen LogP contribution in [0.25, 0.3) is 11.1 Å². The lowest BCUT2D eigenvalue weighted by molar-refractivity contribution is 0.252. The van der Waals surface area contributed by atoms with Gasteiger partial charge in [-0.3, -0.25) is 4.98 Å². The van der Waals surface area contributed by atoms with Crippen molar-refractivity contribution in [2.24, 2.45) is 0 Å². The van der Waals surface area contributed by atoms with E-state index in [1.807, 2.05) is 61.5 Å². The highest BCUT2D eigenvalue weighted by molar-refractivity contribution is 9.10. The minimum Gasteiger partial charge on any atom is -0.338 e. The van der Waals surface area contributed by atoms with Gasteiger partial charge in [-0.15, -0.1) is 0 Å². The highest BCUT2D eigenvalue weighted by Crippen LogP contribution is 2.21. The molecule has 2 N–H and O–H groups in total. The van der Waals surface area contributed by atoms with E-state index in [0.29, 0.717) is 6.54 Å². The number of anilines is 1. The van der Waals surface area contributed by atoms with Gasteiger partial charge in [0.2, 0.25) is 0 Å². The quantitative estimate of drug-likeness (QED) is 0.609. The number of aromatic nitrogens is 1. The first-order chi connectivity index (χ1) is 12.6. The summed E-state index contributed by atoms with van der Waals surface area (Å²) in [7, 11) is 0. The molecule has 0 atom stereocenters. The molecule has 0 unspecified atom stereocenters. The standard InChI is InChI=1S/C21H20BrN3O/c1-15-13-18(10-12-23-15)17-5-7-20(8-6-17)25-21(26)24-11-9-16-3-2-4-19(22)14-16/h2-8,10,12-14H,9,11H2,1H3,(H2,24,25,26). The number of nitrogens with zero attached hydrogens (tertiary/aromatic N) is 1. The smallest absolute Gasteiger partial charge is 0.319 e. The Morgan fingerprint density at radius 3 is 2.58 bits per heavy atom. The molecule has 0 saturated heterocycles. The molecule has 1 heterocycles. The Morgan fingerprint density at radius 2 is 1.85 bits per heavy atom. The van der Waals surface area contributed by atoms with E-state index in [2.05, 4.69) is 37.6 Å². The second kappa shape index (κ2) is 8.63. The molecule has 5 heteroatoms. The van der Waals surface area contributed by atoms with E-state index in [1.54, 1.807) is 6.20 Å². The van der Waals surface area contributed by atoms with Crippen molar-refractivity contribution < 1.29 is 4.79 Å². The van der Waals surface area contributed by atoms with Crippen molar-refractivity contribution in [3.63, 3.8) is 0 Å². The van der Waals surface area contributed by atoms with Crippen LogP contribution in [-0.4, -0.2) is 17.6 Å². The van der Waals surface area contributed by atoms with Crippen LogP contribution in [0.2, 0.25) is 0 Å². The summed E-state index contributed by atoms with van der Waals surface area (Å²) in [5.74, 6) is 0. The average Bonchev–Trinajstić information content (AvgIpc) is 2.62. The number of carbonyl (C=O) groups is 1. The number of nitrogens with one attached hydrogen (secondary N) is 2. The van der Waals surface area contributed by atoms with Crippen LogP contribution in [-0.2, 0) is 6.42 Å². The lowest BCUT2D eigenvalue weighted by Gasteiger charge is -2.09. The van der Waals surface area contributed by atoms with Crippen molar-refractivity contribution in [1.29, 1.82) is 0 Å². The van der Waals surface area contributed by atoms with Crippen molar-refractivity contribution in [3.8, 4) is 11.1 Å². The molecule has 1 aromatic heterocycles. The Morgan fingerprint density at radius 1 is 1.04 bits per heavy atom. The van der Waals surface area contributed by atoms with E-state index in [9.17, 15) is 4.79 Å². The highest BCUT2D eigenvalue weighted by Gasteiger charge is 2.03. The third kappa shape index (κ3) is 5.17. The maximum absolute atomic E-state index is 12.0. The fourth-order valence-corrected chi connectivity index (χ4v) is 3.11. The first-order valence-electron chi connectivity index (χ1n) is 8.42. The van der Waals surface area contributed by atoms with Gasteiger partial charge in [-0.25, -0.2) is 4.79 Å². The summed E-state index contributed by atoms with van der Waals surface area (Å²) in [6, 6.07) is 19.7. The Kier molecular flexibility index (Phi) is 6.02. The molecule has 26 heavy (non-hydrogen) atoms. The molecule has 0 fully saturated rings. The largest absolute Gasteiger partial charge is 0.338 e. The molecule has 3 aromatic rings. The van der Waals surface area contributed by atoms with E-state index in [1.165, 1.54) is 5.56 Å². The second-order valence-electron chi connectivity index (χ2n) is 6.02. The number of amides is 2. The van der Waals surface area contributed by atoms with Gasteiger partial charge < -0.3 is 10.6 Å². The summed E-state index contributed by atoms with van der Waals surface area (Å²) < 4.78 is 1.05. The first-order valence-corrected chi connectivity index (χ1v) is 9.22. The lowest BCUT2D eigenvalue weighted by Crippen LogP contribution is -2.30. The van der Waals surface area contributed by atoms with Crippen molar-refractivity contribution in [3.05, 3.63) is 82.6 Å². The van der Waals surface area contributed by atoms with Crippen LogP contribution in [0.1, 0.15) is 11.3 Å². The van der Waals surface area contributed by atoms with Crippen LogP contribution in [0, 0.1) is 6.92 Å². The molecule has 0 aliphatic carbocycles. The molecular weight excluding hydrogens is 390 g/mol. The molecule has 0 saturated carbocycles. The van der Waals surface area contributed by atoms with Crippen molar-refractivity contribution in [2.45, 2.75) is 13.3 Å². The zero-order chi connectivity index (χ0) is 18.4. The maximum atomic E-state index is 12.0. The zero-order valence-corrected chi connectivity index (χ0v) is 16.1. The molecule has 0 radical (unpaired) electrons. The highest BCUT2D eigenvalue weighted by atomic mass is 79.9. The van der Waals surface area contributed by atoms with E-state index in [-0.39, 0.29) is 6.03 Å². The molecule has 132 valence electrons. The van der Waals surface area contributed by atoms with Gasteiger partial charge >= 0.3 is 6.03 Å². The minimum atomic E-state index is -0.201. The molecule has 4 nitrogen and oxygen atoms in total. The molecule has 2 aromatic carbocycles. The first kappa shape index (κ1) is 18.1. The molecule has 0 aliphatic rings. The predicted molar refractivity (Wildman–Crippen MR) is 109 cm³/mol. The van der Waals surface area contributed by atoms with Gasteiger partial charge in [0, 0.05) is 28.6 Å². The van der Waals surface area contributed by atoms with Gasteiger partial charge in [-0.05, 0) is 66.4 Å². The molecular formula is C21H20BrN3O.